The maximum Gasteiger partial charge on any atom is 0.345 e. The second kappa shape index (κ2) is 8.09. The van der Waals surface area contributed by atoms with Crippen LogP contribution in [0, 0.1) is 12.7 Å². The molecule has 5 nitrogen and oxygen atoms in total. The first-order valence-electron chi connectivity index (χ1n) is 8.10. The van der Waals surface area contributed by atoms with Crippen molar-refractivity contribution in [2.24, 2.45) is 0 Å². The van der Waals surface area contributed by atoms with Crippen LogP contribution in [0.1, 0.15) is 11.1 Å². The Morgan fingerprint density at radius 2 is 2.11 bits per heavy atom. The van der Waals surface area contributed by atoms with Gasteiger partial charge in [-0.2, -0.15) is 0 Å². The molecule has 0 fully saturated rings. The molecule has 0 saturated heterocycles. The molecule has 1 N–H and O–H groups in total. The van der Waals surface area contributed by atoms with Crippen molar-refractivity contribution in [3.8, 4) is 0 Å². The fraction of sp³-hybridized carbons (Fsp3) is 0.100. The average molecular weight is 384 g/mol. The molecule has 1 heterocycles. The highest BCUT2D eigenvalue weighted by Gasteiger charge is 2.11. The number of carboxylic acid groups (broad SMARTS) is 1. The Morgan fingerprint density at radius 1 is 1.33 bits per heavy atom. The van der Waals surface area contributed by atoms with Gasteiger partial charge in [0.25, 0.3) is 0 Å². The molecule has 1 aromatic heterocycles. The molecule has 0 radical (unpaired) electrons. The molecule has 2 aromatic carbocycles. The number of ether oxygens (including phenoxy) is 1. The van der Waals surface area contributed by atoms with Gasteiger partial charge in [0.05, 0.1) is 17.4 Å². The highest BCUT2D eigenvalue weighted by Crippen LogP contribution is 2.19. The molecule has 7 heteroatoms. The van der Waals surface area contributed by atoms with Crippen LogP contribution in [0.2, 0.25) is 0 Å². The van der Waals surface area contributed by atoms with E-state index in [1.165, 1.54) is 24.5 Å². The molecule has 0 saturated carbocycles. The Balaban J connectivity index is 1.88. The van der Waals surface area contributed by atoms with Crippen molar-refractivity contribution < 1.29 is 19.0 Å². The first-order valence-corrected chi connectivity index (χ1v) is 8.54. The van der Waals surface area contributed by atoms with Gasteiger partial charge in [-0.05, 0) is 36.3 Å². The first kappa shape index (κ1) is 18.7. The van der Waals surface area contributed by atoms with E-state index in [4.69, 9.17) is 4.74 Å². The zero-order valence-corrected chi connectivity index (χ0v) is 15.4. The summed E-state index contributed by atoms with van der Waals surface area (Å²) >= 11 is 4.03. The largest absolute Gasteiger partial charge is 0.487 e. The van der Waals surface area contributed by atoms with Crippen LogP contribution < -0.4 is 0 Å². The van der Waals surface area contributed by atoms with Gasteiger partial charge in [0.2, 0.25) is 0 Å². The third kappa shape index (κ3) is 4.38. The highest BCUT2D eigenvalue weighted by molar-refractivity contribution is 7.85. The van der Waals surface area contributed by atoms with Crippen molar-refractivity contribution in [1.29, 1.82) is 0 Å². The maximum atomic E-state index is 13.5. The number of hydrogen-bond acceptors (Lipinski definition) is 4. The number of nitrogens with zero attached hydrogens (tertiary/aromatic N) is 2. The molecule has 3 rings (SSSR count). The van der Waals surface area contributed by atoms with E-state index in [0.717, 1.165) is 11.1 Å². The number of allylic oxidation sites excluding steroid dienone is 1. The van der Waals surface area contributed by atoms with Crippen LogP contribution in [0.4, 0.5) is 4.39 Å². The van der Waals surface area contributed by atoms with Crippen molar-refractivity contribution in [1.82, 2.24) is 9.55 Å². The van der Waals surface area contributed by atoms with Gasteiger partial charge in [-0.3, -0.25) is 0 Å². The molecule has 0 unspecified atom stereocenters. The number of hydrogen-bond donors (Lipinski definition) is 2. The molecule has 0 atom stereocenters. The number of halogens is 1. The lowest BCUT2D eigenvalue weighted by Gasteiger charge is -2.11. The van der Waals surface area contributed by atoms with Gasteiger partial charge >= 0.3 is 5.97 Å². The Labute approximate surface area is 160 Å². The molecule has 0 aliphatic heterocycles. The van der Waals surface area contributed by atoms with E-state index in [2.05, 4.69) is 17.6 Å². The van der Waals surface area contributed by atoms with Crippen LogP contribution in [0.25, 0.3) is 17.2 Å². The quantitative estimate of drug-likeness (QED) is 0.286. The zero-order valence-electron chi connectivity index (χ0n) is 14.5. The van der Waals surface area contributed by atoms with Crippen LogP contribution in [0.5, 0.6) is 0 Å². The molecule has 0 spiro atoms. The first-order chi connectivity index (χ1) is 13.0. The summed E-state index contributed by atoms with van der Waals surface area (Å²) in [6.07, 6.45) is 4.54. The van der Waals surface area contributed by atoms with Gasteiger partial charge in [-0.25, -0.2) is 14.2 Å². The number of aromatic nitrogens is 2. The molecule has 0 aliphatic carbocycles. The Bertz CT molecular complexity index is 1060. The van der Waals surface area contributed by atoms with Gasteiger partial charge in [0.15, 0.2) is 0 Å². The van der Waals surface area contributed by atoms with Crippen LogP contribution in [0.3, 0.4) is 0 Å². The molecule has 0 amide bonds. The molecule has 3 aromatic rings. The van der Waals surface area contributed by atoms with Crippen molar-refractivity contribution in [3.63, 3.8) is 0 Å². The Kier molecular flexibility index (Phi) is 5.61. The smallest absolute Gasteiger partial charge is 0.345 e. The lowest BCUT2D eigenvalue weighted by molar-refractivity contribution is -0.132. The van der Waals surface area contributed by atoms with Crippen molar-refractivity contribution >= 4 is 35.8 Å². The zero-order chi connectivity index (χ0) is 19.4. The minimum Gasteiger partial charge on any atom is -0.487 e. The Hall–Kier alpha value is -3.06. The number of rotatable bonds is 6. The van der Waals surface area contributed by atoms with E-state index in [1.807, 2.05) is 31.2 Å². The lowest BCUT2D eigenvalue weighted by Crippen LogP contribution is -2.02. The minimum absolute atomic E-state index is 0.0901. The number of carbonyl (C=O) groups is 1. The van der Waals surface area contributed by atoms with Crippen LogP contribution >= 0.6 is 12.6 Å². The van der Waals surface area contributed by atoms with Crippen molar-refractivity contribution in [2.75, 3.05) is 0 Å². The van der Waals surface area contributed by atoms with Crippen LogP contribution in [0.15, 0.2) is 65.5 Å². The van der Waals surface area contributed by atoms with E-state index in [9.17, 15) is 14.3 Å². The summed E-state index contributed by atoms with van der Waals surface area (Å²) in [5.74, 6) is -1.50. The molecular weight excluding hydrogens is 367 g/mol. The number of imidazole rings is 1. The number of carboxylic acids is 1. The fourth-order valence-corrected chi connectivity index (χ4v) is 2.63. The number of fused-ring (bicyclic) bond motifs is 1. The van der Waals surface area contributed by atoms with Gasteiger partial charge in [0.1, 0.15) is 23.1 Å². The predicted octanol–water partition coefficient (Wildman–Crippen LogP) is 4.40. The number of aryl methyl sites for hydroxylation is 1. The van der Waals surface area contributed by atoms with Crippen LogP contribution in [-0.2, 0) is 16.1 Å². The molecule has 0 aliphatic rings. The van der Waals surface area contributed by atoms with Gasteiger partial charge in [0, 0.05) is 12.3 Å². The van der Waals surface area contributed by atoms with Crippen LogP contribution in [-0.4, -0.2) is 20.6 Å². The normalized spacial score (nSPS) is 12.4. The highest BCUT2D eigenvalue weighted by atomic mass is 32.1. The summed E-state index contributed by atoms with van der Waals surface area (Å²) in [7, 11) is 0. The van der Waals surface area contributed by atoms with Gasteiger partial charge in [-0.1, -0.05) is 24.3 Å². The van der Waals surface area contributed by atoms with Gasteiger partial charge in [-0.15, -0.1) is 12.6 Å². The minimum atomic E-state index is -1.20. The average Bonchev–Trinajstić information content (AvgIpc) is 3.04. The molecular formula is C20H17FN2O3S. The SMILES string of the molecule is Cc1ccccc1COC(/C=C/n1cnc2ccc(F)cc21)=C(/S)C(=O)O. The van der Waals surface area contributed by atoms with E-state index >= 15 is 0 Å². The summed E-state index contributed by atoms with van der Waals surface area (Å²) in [5.41, 5.74) is 3.15. The summed E-state index contributed by atoms with van der Waals surface area (Å²) in [5, 5.41) is 9.25. The number of aliphatic carboxylic acids is 1. The molecule has 0 bridgehead atoms. The lowest BCUT2D eigenvalue weighted by atomic mass is 10.1. The third-order valence-corrected chi connectivity index (χ3v) is 4.42. The van der Waals surface area contributed by atoms with Crippen molar-refractivity contribution in [3.05, 3.63) is 82.5 Å². The van der Waals surface area contributed by atoms with E-state index in [-0.39, 0.29) is 23.1 Å². The summed E-state index contributed by atoms with van der Waals surface area (Å²) in [6.45, 7) is 2.14. The second-order valence-corrected chi connectivity index (χ2v) is 6.28. The van der Waals surface area contributed by atoms with Gasteiger partial charge < -0.3 is 14.4 Å². The summed E-state index contributed by atoms with van der Waals surface area (Å²) < 4.78 is 20.8. The molecule has 138 valence electrons. The number of benzene rings is 2. The van der Waals surface area contributed by atoms with E-state index < -0.39 is 5.97 Å². The maximum absolute atomic E-state index is 13.5. The number of thiol groups is 1. The fourth-order valence-electron chi connectivity index (χ4n) is 2.49. The topological polar surface area (TPSA) is 64.4 Å². The predicted molar refractivity (Wildman–Crippen MR) is 105 cm³/mol. The summed E-state index contributed by atoms with van der Waals surface area (Å²) in [6, 6.07) is 11.9. The monoisotopic (exact) mass is 384 g/mol. The van der Waals surface area contributed by atoms with Crippen molar-refractivity contribution in [2.45, 2.75) is 13.5 Å². The third-order valence-electron chi connectivity index (χ3n) is 4.00. The summed E-state index contributed by atoms with van der Waals surface area (Å²) in [4.78, 5) is 15.3. The second-order valence-electron chi connectivity index (χ2n) is 5.83. The molecule has 27 heavy (non-hydrogen) atoms. The Morgan fingerprint density at radius 3 is 2.85 bits per heavy atom. The standard InChI is InChI=1S/C20H17FN2O3S/c1-13-4-2-3-5-14(13)11-26-18(19(27)20(24)25)8-9-23-12-22-16-7-6-15(21)10-17(16)23/h2-10,12,27H,11H2,1H3,(H,24,25)/b9-8+,19-18+. The van der Waals surface area contributed by atoms with E-state index in [0.29, 0.717) is 11.0 Å². The van der Waals surface area contributed by atoms with E-state index in [1.54, 1.807) is 16.8 Å².